The van der Waals surface area contributed by atoms with Crippen LogP contribution >= 0.6 is 12.4 Å². The second-order valence-corrected chi connectivity index (χ2v) is 7.20. The van der Waals surface area contributed by atoms with Gasteiger partial charge in [0.25, 0.3) is 0 Å². The molecule has 1 atom stereocenters. The summed E-state index contributed by atoms with van der Waals surface area (Å²) in [5, 5.41) is 3.41. The lowest BCUT2D eigenvalue weighted by Gasteiger charge is -2.32. The average molecular weight is 334 g/mol. The summed E-state index contributed by atoms with van der Waals surface area (Å²) in [4.78, 5) is 17.2. The van der Waals surface area contributed by atoms with Crippen LogP contribution in [0, 0.1) is 11.8 Å². The van der Waals surface area contributed by atoms with Gasteiger partial charge >= 0.3 is 0 Å². The first-order chi connectivity index (χ1) is 9.93. The van der Waals surface area contributed by atoms with Gasteiger partial charge in [-0.3, -0.25) is 9.69 Å². The maximum absolute atomic E-state index is 12.7. The Balaban J connectivity index is 0.00000441. The predicted molar refractivity (Wildman–Crippen MR) is 96.6 cm³/mol. The number of carbonyl (C=O) groups is 1. The molecule has 1 fully saturated rings. The van der Waals surface area contributed by atoms with E-state index in [9.17, 15) is 4.79 Å². The molecule has 1 rings (SSSR count). The highest BCUT2D eigenvalue weighted by Gasteiger charge is 2.25. The standard InChI is InChI=1S/C17H35N3O.ClH/c1-6-9-19(16-7-8-18-10-16)13-17(21)20(11-14(2)3)12-15(4)5;/h14-16,18H,6-13H2,1-5H3;1H. The number of nitrogens with zero attached hydrogens (tertiary/aromatic N) is 2. The Morgan fingerprint density at radius 1 is 1.18 bits per heavy atom. The summed E-state index contributed by atoms with van der Waals surface area (Å²) in [6, 6.07) is 0.536. The number of rotatable bonds is 9. The van der Waals surface area contributed by atoms with Crippen molar-refractivity contribution in [3.8, 4) is 0 Å². The van der Waals surface area contributed by atoms with Gasteiger partial charge in [0.2, 0.25) is 5.91 Å². The van der Waals surface area contributed by atoms with Crippen molar-refractivity contribution in [1.82, 2.24) is 15.1 Å². The molecule has 1 unspecified atom stereocenters. The molecule has 5 heteroatoms. The van der Waals surface area contributed by atoms with Crippen molar-refractivity contribution in [3.63, 3.8) is 0 Å². The van der Waals surface area contributed by atoms with E-state index in [1.807, 2.05) is 0 Å². The lowest BCUT2D eigenvalue weighted by Crippen LogP contribution is -2.47. The molecule has 1 aliphatic heterocycles. The fourth-order valence-corrected chi connectivity index (χ4v) is 3.06. The number of nitrogens with one attached hydrogen (secondary N) is 1. The third kappa shape index (κ3) is 7.80. The van der Waals surface area contributed by atoms with E-state index in [1.54, 1.807) is 0 Å². The minimum Gasteiger partial charge on any atom is -0.341 e. The van der Waals surface area contributed by atoms with Crippen molar-refractivity contribution >= 4 is 18.3 Å². The van der Waals surface area contributed by atoms with E-state index in [2.05, 4.69) is 49.7 Å². The summed E-state index contributed by atoms with van der Waals surface area (Å²) in [7, 11) is 0. The lowest BCUT2D eigenvalue weighted by atomic mass is 10.1. The molecule has 1 amide bonds. The largest absolute Gasteiger partial charge is 0.341 e. The van der Waals surface area contributed by atoms with Crippen LogP contribution in [0.25, 0.3) is 0 Å². The molecule has 0 saturated carbocycles. The quantitative estimate of drug-likeness (QED) is 0.704. The molecule has 0 spiro atoms. The zero-order chi connectivity index (χ0) is 15.8. The molecule has 1 saturated heterocycles. The topological polar surface area (TPSA) is 35.6 Å². The first-order valence-electron chi connectivity index (χ1n) is 8.66. The van der Waals surface area contributed by atoms with Gasteiger partial charge in [0.15, 0.2) is 0 Å². The molecule has 0 radical (unpaired) electrons. The van der Waals surface area contributed by atoms with Crippen LogP contribution in [0.2, 0.25) is 0 Å². The van der Waals surface area contributed by atoms with Crippen molar-refractivity contribution in [3.05, 3.63) is 0 Å². The number of hydrogen-bond donors (Lipinski definition) is 1. The number of carbonyl (C=O) groups excluding carboxylic acids is 1. The third-order valence-corrected chi connectivity index (χ3v) is 3.92. The maximum Gasteiger partial charge on any atom is 0.236 e. The minimum atomic E-state index is 0. The Labute approximate surface area is 143 Å². The Morgan fingerprint density at radius 3 is 2.18 bits per heavy atom. The molecule has 22 heavy (non-hydrogen) atoms. The second-order valence-electron chi connectivity index (χ2n) is 7.20. The summed E-state index contributed by atoms with van der Waals surface area (Å²) >= 11 is 0. The fraction of sp³-hybridized carbons (Fsp3) is 0.941. The lowest BCUT2D eigenvalue weighted by molar-refractivity contribution is -0.134. The zero-order valence-corrected chi connectivity index (χ0v) is 15.9. The number of halogens is 1. The smallest absolute Gasteiger partial charge is 0.236 e. The summed E-state index contributed by atoms with van der Waals surface area (Å²) < 4.78 is 0. The van der Waals surface area contributed by atoms with Gasteiger partial charge in [0, 0.05) is 25.7 Å². The van der Waals surface area contributed by atoms with Gasteiger partial charge in [-0.05, 0) is 37.8 Å². The third-order valence-electron chi connectivity index (χ3n) is 3.92. The highest BCUT2D eigenvalue weighted by molar-refractivity contribution is 5.85. The van der Waals surface area contributed by atoms with Crippen molar-refractivity contribution in [2.75, 3.05) is 39.3 Å². The van der Waals surface area contributed by atoms with Crippen molar-refractivity contribution in [2.45, 2.75) is 53.5 Å². The fourth-order valence-electron chi connectivity index (χ4n) is 3.06. The van der Waals surface area contributed by atoms with E-state index < -0.39 is 0 Å². The van der Waals surface area contributed by atoms with E-state index in [4.69, 9.17) is 0 Å². The first-order valence-corrected chi connectivity index (χ1v) is 8.66. The molecular formula is C17H36ClN3O. The summed E-state index contributed by atoms with van der Waals surface area (Å²) in [5.41, 5.74) is 0. The van der Waals surface area contributed by atoms with Gasteiger partial charge in [-0.25, -0.2) is 0 Å². The molecule has 0 aromatic heterocycles. The molecule has 0 bridgehead atoms. The molecule has 1 heterocycles. The van der Waals surface area contributed by atoms with Crippen LogP contribution in [0.15, 0.2) is 0 Å². The van der Waals surface area contributed by atoms with Crippen LogP contribution in [0.3, 0.4) is 0 Å². The maximum atomic E-state index is 12.7. The molecule has 0 aromatic carbocycles. The molecular weight excluding hydrogens is 298 g/mol. The van der Waals surface area contributed by atoms with Crippen LogP contribution in [0.5, 0.6) is 0 Å². The SMILES string of the molecule is CCCN(CC(=O)N(CC(C)C)CC(C)C)C1CCNC1.Cl. The average Bonchev–Trinajstić information content (AvgIpc) is 2.90. The van der Waals surface area contributed by atoms with Gasteiger partial charge in [-0.1, -0.05) is 34.6 Å². The summed E-state index contributed by atoms with van der Waals surface area (Å²) in [6.45, 7) is 16.4. The van der Waals surface area contributed by atoms with Gasteiger partial charge in [-0.2, -0.15) is 0 Å². The van der Waals surface area contributed by atoms with Gasteiger partial charge in [-0.15, -0.1) is 12.4 Å². The van der Waals surface area contributed by atoms with Gasteiger partial charge in [0.05, 0.1) is 6.54 Å². The molecule has 0 aromatic rings. The monoisotopic (exact) mass is 333 g/mol. The molecule has 1 aliphatic rings. The zero-order valence-electron chi connectivity index (χ0n) is 15.1. The van der Waals surface area contributed by atoms with Crippen LogP contribution < -0.4 is 5.32 Å². The molecule has 132 valence electrons. The minimum absolute atomic E-state index is 0. The number of hydrogen-bond acceptors (Lipinski definition) is 3. The Morgan fingerprint density at radius 2 is 1.77 bits per heavy atom. The van der Waals surface area contributed by atoms with Crippen LogP contribution in [-0.4, -0.2) is 61.0 Å². The van der Waals surface area contributed by atoms with E-state index in [1.165, 1.54) is 6.42 Å². The van der Waals surface area contributed by atoms with Crippen LogP contribution in [0.1, 0.15) is 47.5 Å². The van der Waals surface area contributed by atoms with Crippen LogP contribution in [-0.2, 0) is 4.79 Å². The summed E-state index contributed by atoms with van der Waals surface area (Å²) in [5.74, 6) is 1.36. The highest BCUT2D eigenvalue weighted by Crippen LogP contribution is 2.11. The first kappa shape index (κ1) is 21.7. The van der Waals surface area contributed by atoms with E-state index in [0.29, 0.717) is 30.3 Å². The normalized spacial score (nSPS) is 18.1. The molecule has 4 nitrogen and oxygen atoms in total. The van der Waals surface area contributed by atoms with Crippen molar-refractivity contribution in [2.24, 2.45) is 11.8 Å². The molecule has 1 N–H and O–H groups in total. The van der Waals surface area contributed by atoms with Crippen molar-refractivity contribution < 1.29 is 4.79 Å². The van der Waals surface area contributed by atoms with E-state index >= 15 is 0 Å². The van der Waals surface area contributed by atoms with Gasteiger partial charge < -0.3 is 10.2 Å². The van der Waals surface area contributed by atoms with E-state index in [-0.39, 0.29) is 12.4 Å². The molecule has 0 aliphatic carbocycles. The summed E-state index contributed by atoms with van der Waals surface area (Å²) in [6.07, 6.45) is 2.28. The van der Waals surface area contributed by atoms with Gasteiger partial charge in [0.1, 0.15) is 0 Å². The van der Waals surface area contributed by atoms with Crippen LogP contribution in [0.4, 0.5) is 0 Å². The highest BCUT2D eigenvalue weighted by atomic mass is 35.5. The van der Waals surface area contributed by atoms with Crippen molar-refractivity contribution in [1.29, 1.82) is 0 Å². The number of amides is 1. The Kier molecular flexibility index (Phi) is 11.1. The Bertz CT molecular complexity index is 294. The predicted octanol–water partition coefficient (Wildman–Crippen LogP) is 2.62. The van der Waals surface area contributed by atoms with E-state index in [0.717, 1.165) is 39.1 Å². The Hall–Kier alpha value is -0.320. The second kappa shape index (κ2) is 11.3.